The molecule has 0 amide bonds. The van der Waals surface area contributed by atoms with Crippen molar-refractivity contribution in [1.29, 1.82) is 0 Å². The smallest absolute Gasteiger partial charge is 0.239 e. The van der Waals surface area contributed by atoms with Gasteiger partial charge in [-0.2, -0.15) is 0 Å². The molecule has 0 aliphatic carbocycles. The Morgan fingerprint density at radius 1 is 0.682 bits per heavy atom. The Balaban J connectivity index is 2.55. The van der Waals surface area contributed by atoms with Crippen LogP contribution in [0.15, 0.2) is 24.3 Å². The maximum atomic E-state index is 13.5. The molecule has 8 heteroatoms. The predicted molar refractivity (Wildman–Crippen MR) is 66.3 cm³/mol. The Bertz CT molecular complexity index is 758. The summed E-state index contributed by atoms with van der Waals surface area (Å²) in [5.41, 5.74) is -2.10. The average molecular weight is 335 g/mol. The van der Waals surface area contributed by atoms with Gasteiger partial charge in [0.1, 0.15) is 5.56 Å². The molecule has 22 heavy (non-hydrogen) atoms. The lowest BCUT2D eigenvalue weighted by Crippen LogP contribution is -2.20. The van der Waals surface area contributed by atoms with Crippen LogP contribution in [0.2, 0.25) is 5.02 Å². The second kappa shape index (κ2) is 5.84. The van der Waals surface area contributed by atoms with E-state index in [-0.39, 0.29) is 10.6 Å². The first-order valence-corrected chi connectivity index (χ1v) is 5.99. The Morgan fingerprint density at radius 2 is 1.09 bits per heavy atom. The molecule has 0 fully saturated rings. The third-order valence-corrected chi connectivity index (χ3v) is 3.00. The lowest BCUT2D eigenvalue weighted by molar-refractivity contribution is 0.0810. The van der Waals surface area contributed by atoms with Crippen LogP contribution >= 0.6 is 11.6 Å². The normalized spacial score (nSPS) is 10.6. The van der Waals surface area contributed by atoms with Gasteiger partial charge in [0.05, 0.1) is 0 Å². The summed E-state index contributed by atoms with van der Waals surface area (Å²) < 4.78 is 65.9. The van der Waals surface area contributed by atoms with E-state index in [0.29, 0.717) is 0 Å². The van der Waals surface area contributed by atoms with Crippen molar-refractivity contribution in [3.63, 3.8) is 0 Å². The first-order chi connectivity index (χ1) is 10.3. The van der Waals surface area contributed by atoms with Gasteiger partial charge in [-0.1, -0.05) is 11.6 Å². The molecule has 2 aromatic carbocycles. The van der Waals surface area contributed by atoms with E-state index in [1.807, 2.05) is 0 Å². The van der Waals surface area contributed by atoms with Crippen molar-refractivity contribution in [2.45, 2.75) is 0 Å². The van der Waals surface area contributed by atoms with Crippen LogP contribution in [-0.2, 0) is 0 Å². The second-order valence-electron chi connectivity index (χ2n) is 4.11. The lowest BCUT2D eigenvalue weighted by Gasteiger charge is -2.07. The molecular weight excluding hydrogens is 331 g/mol. The molecule has 0 aromatic heterocycles. The van der Waals surface area contributed by atoms with Gasteiger partial charge in [0.2, 0.25) is 17.4 Å². The van der Waals surface area contributed by atoms with Gasteiger partial charge in [-0.25, -0.2) is 22.0 Å². The van der Waals surface area contributed by atoms with Crippen molar-refractivity contribution in [3.8, 4) is 0 Å². The van der Waals surface area contributed by atoms with Crippen molar-refractivity contribution >= 4 is 23.2 Å². The van der Waals surface area contributed by atoms with E-state index < -0.39 is 46.2 Å². The van der Waals surface area contributed by atoms with Crippen molar-refractivity contribution in [3.05, 3.63) is 69.5 Å². The standard InChI is InChI=1S/C14H4ClF5O2/c15-6-3-1-5(2-4-6)13(21)14(22)7-8(16)10(18)12(20)11(19)9(7)17/h1-4H. The zero-order valence-electron chi connectivity index (χ0n) is 10.4. The Labute approximate surface area is 125 Å². The number of hydrogen-bond acceptors (Lipinski definition) is 2. The molecule has 0 N–H and O–H groups in total. The summed E-state index contributed by atoms with van der Waals surface area (Å²) >= 11 is 5.57. The minimum atomic E-state index is -2.41. The fraction of sp³-hybridized carbons (Fsp3) is 0. The van der Waals surface area contributed by atoms with Gasteiger partial charge in [0.15, 0.2) is 23.3 Å². The number of halogens is 6. The molecule has 0 spiro atoms. The summed E-state index contributed by atoms with van der Waals surface area (Å²) in [7, 11) is 0. The highest BCUT2D eigenvalue weighted by molar-refractivity contribution is 6.49. The number of carbonyl (C=O) groups is 2. The van der Waals surface area contributed by atoms with Gasteiger partial charge in [0.25, 0.3) is 0 Å². The molecule has 0 saturated heterocycles. The zero-order chi connectivity index (χ0) is 16.6. The molecule has 0 aliphatic heterocycles. The number of rotatable bonds is 3. The monoisotopic (exact) mass is 334 g/mol. The fourth-order valence-corrected chi connectivity index (χ4v) is 1.78. The van der Waals surface area contributed by atoms with E-state index >= 15 is 0 Å². The molecular formula is C14H4ClF5O2. The van der Waals surface area contributed by atoms with Crippen molar-refractivity contribution in [1.82, 2.24) is 0 Å². The Morgan fingerprint density at radius 3 is 1.55 bits per heavy atom. The maximum Gasteiger partial charge on any atom is 0.239 e. The molecule has 0 saturated carbocycles. The molecule has 2 rings (SSSR count). The van der Waals surface area contributed by atoms with Crippen LogP contribution in [0, 0.1) is 29.1 Å². The van der Waals surface area contributed by atoms with Gasteiger partial charge in [-0.3, -0.25) is 9.59 Å². The van der Waals surface area contributed by atoms with Crippen molar-refractivity contribution in [2.24, 2.45) is 0 Å². The zero-order valence-corrected chi connectivity index (χ0v) is 11.1. The number of carbonyl (C=O) groups excluding carboxylic acids is 2. The summed E-state index contributed by atoms with van der Waals surface area (Å²) in [6.07, 6.45) is 0. The van der Waals surface area contributed by atoms with Gasteiger partial charge < -0.3 is 0 Å². The predicted octanol–water partition coefficient (Wildman–Crippen LogP) is 4.10. The maximum absolute atomic E-state index is 13.5. The second-order valence-corrected chi connectivity index (χ2v) is 4.55. The topological polar surface area (TPSA) is 34.1 Å². The lowest BCUT2D eigenvalue weighted by atomic mass is 10.00. The number of benzene rings is 2. The third kappa shape index (κ3) is 2.59. The van der Waals surface area contributed by atoms with Crippen molar-refractivity contribution < 1.29 is 31.5 Å². The highest BCUT2D eigenvalue weighted by atomic mass is 35.5. The van der Waals surface area contributed by atoms with Gasteiger partial charge in [-0.15, -0.1) is 0 Å². The Kier molecular flexibility index (Phi) is 4.27. The van der Waals surface area contributed by atoms with E-state index in [1.54, 1.807) is 0 Å². The van der Waals surface area contributed by atoms with E-state index in [0.717, 1.165) is 12.1 Å². The Hall–Kier alpha value is -2.28. The molecule has 0 atom stereocenters. The van der Waals surface area contributed by atoms with E-state index in [2.05, 4.69) is 0 Å². The highest BCUT2D eigenvalue weighted by Crippen LogP contribution is 2.24. The van der Waals surface area contributed by atoms with Gasteiger partial charge in [-0.05, 0) is 24.3 Å². The van der Waals surface area contributed by atoms with Crippen LogP contribution < -0.4 is 0 Å². The van der Waals surface area contributed by atoms with Crippen LogP contribution in [0.5, 0.6) is 0 Å². The molecule has 0 unspecified atom stereocenters. The molecule has 0 aliphatic rings. The minimum Gasteiger partial charge on any atom is -0.285 e. The van der Waals surface area contributed by atoms with E-state index in [1.165, 1.54) is 12.1 Å². The highest BCUT2D eigenvalue weighted by Gasteiger charge is 2.32. The van der Waals surface area contributed by atoms with Crippen LogP contribution in [0.3, 0.4) is 0 Å². The van der Waals surface area contributed by atoms with Crippen LogP contribution in [0.1, 0.15) is 20.7 Å². The summed E-state index contributed by atoms with van der Waals surface area (Å²) in [6.45, 7) is 0. The molecule has 114 valence electrons. The minimum absolute atomic E-state index is 0.222. The molecule has 0 bridgehead atoms. The quantitative estimate of drug-likeness (QED) is 0.278. The average Bonchev–Trinajstić information content (AvgIpc) is 2.51. The van der Waals surface area contributed by atoms with Gasteiger partial charge in [0, 0.05) is 10.6 Å². The third-order valence-electron chi connectivity index (χ3n) is 2.75. The number of ketones is 2. The van der Waals surface area contributed by atoms with Crippen molar-refractivity contribution in [2.75, 3.05) is 0 Å². The summed E-state index contributed by atoms with van der Waals surface area (Å²) in [5.74, 6) is -15.0. The molecule has 2 nitrogen and oxygen atoms in total. The molecule has 0 heterocycles. The fourth-order valence-electron chi connectivity index (χ4n) is 1.65. The van der Waals surface area contributed by atoms with Crippen LogP contribution in [-0.4, -0.2) is 11.6 Å². The molecule has 0 radical (unpaired) electrons. The SMILES string of the molecule is O=C(C(=O)c1c(F)c(F)c(F)c(F)c1F)c1ccc(Cl)cc1. The summed E-state index contributed by atoms with van der Waals surface area (Å²) in [4.78, 5) is 23.6. The summed E-state index contributed by atoms with van der Waals surface area (Å²) in [5, 5.41) is 0.222. The first-order valence-electron chi connectivity index (χ1n) is 5.61. The number of Topliss-reactive ketones (excluding diaryl/α,β-unsaturated/α-hetero) is 2. The first kappa shape index (κ1) is 16.1. The summed E-state index contributed by atoms with van der Waals surface area (Å²) in [6, 6.07) is 4.60. The van der Waals surface area contributed by atoms with E-state index in [4.69, 9.17) is 11.6 Å². The molecule has 2 aromatic rings. The van der Waals surface area contributed by atoms with Crippen LogP contribution in [0.4, 0.5) is 22.0 Å². The van der Waals surface area contributed by atoms with Gasteiger partial charge >= 0.3 is 0 Å². The van der Waals surface area contributed by atoms with Crippen LogP contribution in [0.25, 0.3) is 0 Å². The largest absolute Gasteiger partial charge is 0.285 e. The number of hydrogen-bond donors (Lipinski definition) is 0. The van der Waals surface area contributed by atoms with E-state index in [9.17, 15) is 31.5 Å².